The van der Waals surface area contributed by atoms with Crippen LogP contribution in [0.4, 0.5) is 18.0 Å². The van der Waals surface area contributed by atoms with Gasteiger partial charge in [0.2, 0.25) is 0 Å². The minimum atomic E-state index is -5.09. The van der Waals surface area contributed by atoms with Gasteiger partial charge < -0.3 is 9.47 Å². The number of carbonyl (C=O) groups excluding carboxylic acids is 1. The fraction of sp³-hybridized carbons (Fsp3) is 0.333. The Kier molecular flexibility index (Phi) is 4.38. The molecule has 0 aliphatic rings. The molecule has 0 aliphatic heterocycles. The summed E-state index contributed by atoms with van der Waals surface area (Å²) in [7, 11) is 0. The molecule has 0 radical (unpaired) electrons. The van der Waals surface area contributed by atoms with Gasteiger partial charge in [0.1, 0.15) is 6.07 Å². The fourth-order valence-corrected chi connectivity index (χ4v) is 1.38. The molecule has 1 rings (SSSR count). The predicted molar refractivity (Wildman–Crippen MR) is 57.9 cm³/mol. The van der Waals surface area contributed by atoms with Crippen molar-refractivity contribution in [2.75, 3.05) is 6.61 Å². The zero-order valence-corrected chi connectivity index (χ0v) is 9.90. The van der Waals surface area contributed by atoms with Crippen LogP contribution in [-0.2, 0) is 15.1 Å². The van der Waals surface area contributed by atoms with E-state index >= 15 is 0 Å². The number of hydrogen-bond donors (Lipinski definition) is 0. The van der Waals surface area contributed by atoms with Gasteiger partial charge in [0.25, 0.3) is 0 Å². The van der Waals surface area contributed by atoms with E-state index in [1.54, 1.807) is 0 Å². The molecule has 0 fully saturated rings. The van der Waals surface area contributed by atoms with E-state index in [-0.39, 0.29) is 6.61 Å². The maximum absolute atomic E-state index is 13.1. The number of carbonyl (C=O) groups is 1. The standard InChI is InChI=1S/C12H10F3NO3/c1-2-18-10(17)19-11(8-16,12(13,14)15)9-6-4-3-5-7-9/h3-7H,2H2,1H3. The number of nitriles is 1. The minimum absolute atomic E-state index is 0.160. The SMILES string of the molecule is CCOC(=O)OC(C#N)(c1ccccc1)C(F)(F)F. The number of nitrogens with zero attached hydrogens (tertiary/aromatic N) is 1. The molecule has 0 amide bonds. The molecule has 0 aromatic heterocycles. The minimum Gasteiger partial charge on any atom is -0.435 e. The second-order valence-corrected chi connectivity index (χ2v) is 3.44. The third kappa shape index (κ3) is 2.96. The molecular weight excluding hydrogens is 263 g/mol. The first-order valence-electron chi connectivity index (χ1n) is 5.26. The summed E-state index contributed by atoms with van der Waals surface area (Å²) in [6.07, 6.45) is -6.64. The van der Waals surface area contributed by atoms with Crippen LogP contribution < -0.4 is 0 Å². The van der Waals surface area contributed by atoms with Crippen LogP contribution in [0.5, 0.6) is 0 Å². The molecule has 0 aliphatic carbocycles. The van der Waals surface area contributed by atoms with Gasteiger partial charge >= 0.3 is 17.9 Å². The normalized spacial score (nSPS) is 14.1. The van der Waals surface area contributed by atoms with Crippen molar-refractivity contribution in [1.29, 1.82) is 5.26 Å². The lowest BCUT2D eigenvalue weighted by Crippen LogP contribution is -2.45. The summed E-state index contributed by atoms with van der Waals surface area (Å²) in [5.74, 6) is 0. The van der Waals surface area contributed by atoms with E-state index in [0.717, 1.165) is 18.2 Å². The monoisotopic (exact) mass is 273 g/mol. The van der Waals surface area contributed by atoms with E-state index in [1.165, 1.54) is 25.1 Å². The van der Waals surface area contributed by atoms with Crippen LogP contribution in [0.3, 0.4) is 0 Å². The highest BCUT2D eigenvalue weighted by Crippen LogP contribution is 2.42. The second kappa shape index (κ2) is 5.61. The third-order valence-corrected chi connectivity index (χ3v) is 2.24. The zero-order chi connectivity index (χ0) is 14.5. The lowest BCUT2D eigenvalue weighted by Gasteiger charge is -2.28. The van der Waals surface area contributed by atoms with Gasteiger partial charge in [-0.3, -0.25) is 0 Å². The first-order chi connectivity index (χ1) is 8.87. The number of benzene rings is 1. The Bertz CT molecular complexity index is 481. The summed E-state index contributed by atoms with van der Waals surface area (Å²) in [4.78, 5) is 11.1. The molecule has 19 heavy (non-hydrogen) atoms. The van der Waals surface area contributed by atoms with E-state index in [4.69, 9.17) is 5.26 Å². The van der Waals surface area contributed by atoms with E-state index in [9.17, 15) is 18.0 Å². The first-order valence-corrected chi connectivity index (χ1v) is 5.26. The average molecular weight is 273 g/mol. The van der Waals surface area contributed by atoms with Gasteiger partial charge in [0.15, 0.2) is 0 Å². The lowest BCUT2D eigenvalue weighted by molar-refractivity contribution is -0.245. The van der Waals surface area contributed by atoms with Crippen molar-refractivity contribution in [3.8, 4) is 6.07 Å². The van der Waals surface area contributed by atoms with Gasteiger partial charge in [-0.15, -0.1) is 0 Å². The average Bonchev–Trinajstić information content (AvgIpc) is 2.36. The van der Waals surface area contributed by atoms with Gasteiger partial charge in [-0.05, 0) is 6.92 Å². The molecule has 1 unspecified atom stereocenters. The molecular formula is C12H10F3NO3. The number of hydrogen-bond acceptors (Lipinski definition) is 4. The van der Waals surface area contributed by atoms with Crippen LogP contribution >= 0.6 is 0 Å². The maximum atomic E-state index is 13.1. The molecule has 7 heteroatoms. The number of alkyl halides is 3. The van der Waals surface area contributed by atoms with Crippen LogP contribution in [0.1, 0.15) is 12.5 Å². The Morgan fingerprint density at radius 3 is 2.32 bits per heavy atom. The highest BCUT2D eigenvalue weighted by atomic mass is 19.4. The summed E-state index contributed by atoms with van der Waals surface area (Å²) in [6, 6.07) is 7.21. The summed E-state index contributed by atoms with van der Waals surface area (Å²) in [5, 5.41) is 8.88. The van der Waals surface area contributed by atoms with Crippen molar-refractivity contribution in [1.82, 2.24) is 0 Å². The summed E-state index contributed by atoms with van der Waals surface area (Å²) in [5.41, 5.74) is -3.86. The van der Waals surface area contributed by atoms with Gasteiger partial charge in [-0.2, -0.15) is 18.4 Å². The molecule has 102 valence electrons. The third-order valence-electron chi connectivity index (χ3n) is 2.24. The summed E-state index contributed by atoms with van der Waals surface area (Å²) in [6.45, 7) is 1.25. The zero-order valence-electron chi connectivity index (χ0n) is 9.90. The Hall–Kier alpha value is -2.23. The molecule has 0 saturated carbocycles. The fourth-order valence-electron chi connectivity index (χ4n) is 1.38. The van der Waals surface area contributed by atoms with Crippen LogP contribution in [0.2, 0.25) is 0 Å². The van der Waals surface area contributed by atoms with Crippen LogP contribution in [0.25, 0.3) is 0 Å². The van der Waals surface area contributed by atoms with Crippen molar-refractivity contribution >= 4 is 6.16 Å². The quantitative estimate of drug-likeness (QED) is 0.794. The Morgan fingerprint density at radius 2 is 1.89 bits per heavy atom. The van der Waals surface area contributed by atoms with Gasteiger partial charge in [-0.1, -0.05) is 30.3 Å². The number of rotatable bonds is 3. The highest BCUT2D eigenvalue weighted by molar-refractivity contribution is 5.62. The molecule has 4 nitrogen and oxygen atoms in total. The lowest BCUT2D eigenvalue weighted by atomic mass is 9.94. The smallest absolute Gasteiger partial charge is 0.435 e. The molecule has 1 atom stereocenters. The van der Waals surface area contributed by atoms with E-state index in [2.05, 4.69) is 9.47 Å². The molecule has 0 saturated heterocycles. The van der Waals surface area contributed by atoms with E-state index in [1.807, 2.05) is 0 Å². The molecule has 0 heterocycles. The number of ether oxygens (including phenoxy) is 2. The van der Waals surface area contributed by atoms with Gasteiger partial charge in [0, 0.05) is 5.56 Å². The molecule has 1 aromatic rings. The second-order valence-electron chi connectivity index (χ2n) is 3.44. The van der Waals surface area contributed by atoms with Crippen molar-refractivity contribution in [3.63, 3.8) is 0 Å². The van der Waals surface area contributed by atoms with Crippen molar-refractivity contribution in [2.45, 2.75) is 18.7 Å². The van der Waals surface area contributed by atoms with Gasteiger partial charge in [-0.25, -0.2) is 4.79 Å². The first kappa shape index (κ1) is 14.8. The maximum Gasteiger partial charge on any atom is 0.510 e. The summed E-state index contributed by atoms with van der Waals surface area (Å²) < 4.78 is 47.9. The largest absolute Gasteiger partial charge is 0.510 e. The van der Waals surface area contributed by atoms with Crippen LogP contribution in [0, 0.1) is 11.3 Å². The molecule has 0 spiro atoms. The summed E-state index contributed by atoms with van der Waals surface area (Å²) >= 11 is 0. The molecule has 1 aromatic carbocycles. The van der Waals surface area contributed by atoms with E-state index < -0.39 is 23.5 Å². The van der Waals surface area contributed by atoms with Crippen molar-refractivity contribution < 1.29 is 27.4 Å². The molecule has 0 N–H and O–H groups in total. The van der Waals surface area contributed by atoms with Gasteiger partial charge in [0.05, 0.1) is 6.61 Å². The van der Waals surface area contributed by atoms with E-state index in [0.29, 0.717) is 0 Å². The topological polar surface area (TPSA) is 59.3 Å². The Balaban J connectivity index is 3.26. The Labute approximate surface area is 107 Å². The van der Waals surface area contributed by atoms with Crippen LogP contribution in [0.15, 0.2) is 30.3 Å². The molecule has 0 bridgehead atoms. The Morgan fingerprint density at radius 1 is 1.32 bits per heavy atom. The predicted octanol–water partition coefficient (Wildman–Crippen LogP) is 3.14. The highest BCUT2D eigenvalue weighted by Gasteiger charge is 2.61. The van der Waals surface area contributed by atoms with Crippen molar-refractivity contribution in [2.24, 2.45) is 0 Å². The van der Waals surface area contributed by atoms with Crippen LogP contribution in [-0.4, -0.2) is 18.9 Å². The van der Waals surface area contributed by atoms with Crippen molar-refractivity contribution in [3.05, 3.63) is 35.9 Å². The number of halogens is 3.